The van der Waals surface area contributed by atoms with Gasteiger partial charge < -0.3 is 9.47 Å². The molecule has 64 valence electrons. The number of carbonyl (C=O) groups is 1. The minimum atomic E-state index is -0.601. The summed E-state index contributed by atoms with van der Waals surface area (Å²) in [5, 5.41) is 0. The van der Waals surface area contributed by atoms with Gasteiger partial charge >= 0.3 is 0 Å². The quantitative estimate of drug-likeness (QED) is 0.573. The molecule has 0 spiro atoms. The highest BCUT2D eigenvalue weighted by molar-refractivity contribution is 5.81. The molecule has 0 saturated carbocycles. The molecular formula is C8H14O3. The Kier molecular flexibility index (Phi) is 2.03. The molecule has 1 aliphatic rings. The molecule has 11 heavy (non-hydrogen) atoms. The number of hydrogen-bond donors (Lipinski definition) is 0. The molecule has 1 rings (SSSR count). The third-order valence-electron chi connectivity index (χ3n) is 1.71. The molecule has 1 aliphatic heterocycles. The smallest absolute Gasteiger partial charge is 0.164 e. The lowest BCUT2D eigenvalue weighted by molar-refractivity contribution is -0.153. The van der Waals surface area contributed by atoms with Crippen LogP contribution >= 0.6 is 0 Å². The number of hydrogen-bond acceptors (Lipinski definition) is 3. The van der Waals surface area contributed by atoms with Gasteiger partial charge in [0.15, 0.2) is 11.6 Å². The topological polar surface area (TPSA) is 35.5 Å². The zero-order valence-electron chi connectivity index (χ0n) is 7.38. The molecule has 1 saturated heterocycles. The highest BCUT2D eigenvalue weighted by atomic mass is 16.8. The lowest BCUT2D eigenvalue weighted by Crippen LogP contribution is -2.27. The Morgan fingerprint density at radius 3 is 2.09 bits per heavy atom. The van der Waals surface area contributed by atoms with Crippen molar-refractivity contribution in [1.29, 1.82) is 0 Å². The summed E-state index contributed by atoms with van der Waals surface area (Å²) in [4.78, 5) is 10.9. The summed E-state index contributed by atoms with van der Waals surface area (Å²) < 4.78 is 10.7. The zero-order chi connectivity index (χ0) is 8.65. The summed E-state index contributed by atoms with van der Waals surface area (Å²) in [5.41, 5.74) is 0. The summed E-state index contributed by atoms with van der Waals surface area (Å²) in [6.07, 6.45) is -0.507. The van der Waals surface area contributed by atoms with Crippen molar-refractivity contribution in [3.8, 4) is 0 Å². The Labute approximate surface area is 66.7 Å². The van der Waals surface area contributed by atoms with Gasteiger partial charge in [-0.1, -0.05) is 0 Å². The van der Waals surface area contributed by atoms with Gasteiger partial charge in [0.1, 0.15) is 6.10 Å². The maximum absolute atomic E-state index is 10.9. The molecule has 0 amide bonds. The molecule has 0 N–H and O–H groups in total. The van der Waals surface area contributed by atoms with Gasteiger partial charge in [0.05, 0.1) is 6.10 Å². The van der Waals surface area contributed by atoms with Crippen LogP contribution in [0.2, 0.25) is 0 Å². The van der Waals surface area contributed by atoms with Crippen LogP contribution in [0.25, 0.3) is 0 Å². The second-order valence-electron chi connectivity index (χ2n) is 3.37. The Balaban J connectivity index is 2.66. The first-order valence-electron chi connectivity index (χ1n) is 3.78. The highest BCUT2D eigenvalue weighted by Gasteiger charge is 2.40. The van der Waals surface area contributed by atoms with Crippen molar-refractivity contribution in [3.63, 3.8) is 0 Å². The molecule has 0 aromatic heterocycles. The number of ketones is 1. The van der Waals surface area contributed by atoms with Gasteiger partial charge in [0.2, 0.25) is 0 Å². The van der Waals surface area contributed by atoms with E-state index in [0.29, 0.717) is 0 Å². The predicted molar refractivity (Wildman–Crippen MR) is 40.2 cm³/mol. The molecule has 2 atom stereocenters. The Morgan fingerprint density at radius 1 is 1.36 bits per heavy atom. The van der Waals surface area contributed by atoms with Crippen molar-refractivity contribution in [2.24, 2.45) is 0 Å². The maximum Gasteiger partial charge on any atom is 0.164 e. The largest absolute Gasteiger partial charge is 0.344 e. The molecule has 1 heterocycles. The molecule has 0 radical (unpaired) electrons. The van der Waals surface area contributed by atoms with E-state index >= 15 is 0 Å². The summed E-state index contributed by atoms with van der Waals surface area (Å²) in [6, 6.07) is 0. The minimum absolute atomic E-state index is 0.0306. The molecule has 0 aromatic rings. The van der Waals surface area contributed by atoms with Gasteiger partial charge in [-0.15, -0.1) is 0 Å². The van der Waals surface area contributed by atoms with Crippen molar-refractivity contribution < 1.29 is 14.3 Å². The van der Waals surface area contributed by atoms with E-state index in [-0.39, 0.29) is 18.0 Å². The molecular weight excluding hydrogens is 144 g/mol. The summed E-state index contributed by atoms with van der Waals surface area (Å²) in [6.45, 7) is 6.99. The fourth-order valence-electron chi connectivity index (χ4n) is 1.35. The molecule has 0 aromatic carbocycles. The number of Topliss-reactive ketones (excluding diaryl/α,β-unsaturated/α-hetero) is 1. The van der Waals surface area contributed by atoms with Crippen LogP contribution in [0.3, 0.4) is 0 Å². The summed E-state index contributed by atoms with van der Waals surface area (Å²) in [7, 11) is 0. The monoisotopic (exact) mass is 158 g/mol. The van der Waals surface area contributed by atoms with Crippen molar-refractivity contribution in [3.05, 3.63) is 0 Å². The van der Waals surface area contributed by atoms with Crippen LogP contribution < -0.4 is 0 Å². The lowest BCUT2D eigenvalue weighted by atomic mass is 10.2. The van der Waals surface area contributed by atoms with Crippen LogP contribution in [0, 0.1) is 0 Å². The minimum Gasteiger partial charge on any atom is -0.344 e. The maximum atomic E-state index is 10.9. The van der Waals surface area contributed by atoms with Crippen LogP contribution in [0.1, 0.15) is 27.7 Å². The van der Waals surface area contributed by atoms with E-state index in [1.807, 2.05) is 20.8 Å². The van der Waals surface area contributed by atoms with E-state index in [1.54, 1.807) is 0 Å². The van der Waals surface area contributed by atoms with Crippen LogP contribution in [0.4, 0.5) is 0 Å². The van der Waals surface area contributed by atoms with Gasteiger partial charge in [-0.2, -0.15) is 0 Å². The fourth-order valence-corrected chi connectivity index (χ4v) is 1.35. The molecule has 0 bridgehead atoms. The van der Waals surface area contributed by atoms with Gasteiger partial charge in [0.25, 0.3) is 0 Å². The van der Waals surface area contributed by atoms with Gasteiger partial charge in [0, 0.05) is 0 Å². The van der Waals surface area contributed by atoms with E-state index in [4.69, 9.17) is 9.47 Å². The second kappa shape index (κ2) is 2.57. The van der Waals surface area contributed by atoms with Crippen LogP contribution in [0.15, 0.2) is 0 Å². The van der Waals surface area contributed by atoms with Crippen LogP contribution in [-0.4, -0.2) is 23.8 Å². The van der Waals surface area contributed by atoms with Crippen molar-refractivity contribution in [2.75, 3.05) is 0 Å². The van der Waals surface area contributed by atoms with E-state index in [0.717, 1.165) is 0 Å². The van der Waals surface area contributed by atoms with Crippen molar-refractivity contribution >= 4 is 5.78 Å². The van der Waals surface area contributed by atoms with Gasteiger partial charge in [-0.25, -0.2) is 0 Å². The lowest BCUT2D eigenvalue weighted by Gasteiger charge is -2.15. The average molecular weight is 158 g/mol. The van der Waals surface area contributed by atoms with Crippen LogP contribution in [-0.2, 0) is 14.3 Å². The first kappa shape index (κ1) is 8.68. The molecule has 0 unspecified atom stereocenters. The molecule has 0 aliphatic carbocycles. The fraction of sp³-hybridized carbons (Fsp3) is 0.875. The Bertz CT molecular complexity index is 174. The Morgan fingerprint density at radius 2 is 1.91 bits per heavy atom. The number of carbonyl (C=O) groups excluding carboxylic acids is 1. The average Bonchev–Trinajstić information content (AvgIpc) is 2.05. The van der Waals surface area contributed by atoms with Crippen molar-refractivity contribution in [1.82, 2.24) is 0 Å². The van der Waals surface area contributed by atoms with E-state index in [2.05, 4.69) is 0 Å². The van der Waals surface area contributed by atoms with E-state index in [9.17, 15) is 4.79 Å². The normalized spacial score (nSPS) is 35.6. The SMILES string of the molecule is CC(=O)[C@@H]1OC(C)(C)O[C@H]1C. The van der Waals surface area contributed by atoms with Gasteiger partial charge in [-0.3, -0.25) is 4.79 Å². The standard InChI is InChI=1S/C8H14O3/c1-5(9)7-6(2)10-8(3,4)11-7/h6-7H,1-4H3/t6-,7-/m0/s1. The molecule has 3 nitrogen and oxygen atoms in total. The summed E-state index contributed by atoms with van der Waals surface area (Å²) in [5.74, 6) is -0.571. The molecule has 1 fully saturated rings. The first-order chi connectivity index (χ1) is 4.92. The molecule has 3 heteroatoms. The van der Waals surface area contributed by atoms with E-state index < -0.39 is 5.79 Å². The number of ether oxygens (including phenoxy) is 2. The predicted octanol–water partition coefficient (Wildman–Crippen LogP) is 1.12. The van der Waals surface area contributed by atoms with E-state index in [1.165, 1.54) is 6.92 Å². The van der Waals surface area contributed by atoms with Crippen molar-refractivity contribution in [2.45, 2.75) is 45.7 Å². The first-order valence-corrected chi connectivity index (χ1v) is 3.78. The number of rotatable bonds is 1. The Hall–Kier alpha value is -0.410. The van der Waals surface area contributed by atoms with Gasteiger partial charge in [-0.05, 0) is 27.7 Å². The zero-order valence-corrected chi connectivity index (χ0v) is 7.38. The summed E-state index contributed by atoms with van der Waals surface area (Å²) >= 11 is 0. The van der Waals surface area contributed by atoms with Crippen LogP contribution in [0.5, 0.6) is 0 Å². The second-order valence-corrected chi connectivity index (χ2v) is 3.37. The third kappa shape index (κ3) is 1.79. The third-order valence-corrected chi connectivity index (χ3v) is 1.71. The highest BCUT2D eigenvalue weighted by Crippen LogP contribution is 2.27.